The van der Waals surface area contributed by atoms with E-state index in [1.54, 1.807) is 27.8 Å². The number of H-pyrrole nitrogens is 1. The van der Waals surface area contributed by atoms with E-state index in [0.29, 0.717) is 0 Å². The van der Waals surface area contributed by atoms with Crippen LogP contribution in [0.25, 0.3) is 0 Å². The Morgan fingerprint density at radius 3 is 2.47 bits per heavy atom. The molecule has 1 aromatic rings. The molecule has 0 aliphatic heterocycles. The molecule has 15 heavy (non-hydrogen) atoms. The van der Waals surface area contributed by atoms with Crippen molar-refractivity contribution in [3.63, 3.8) is 0 Å². The lowest BCUT2D eigenvalue weighted by Crippen LogP contribution is -2.31. The zero-order valence-corrected chi connectivity index (χ0v) is 9.94. The maximum Gasteiger partial charge on any atom is 0.281 e. The van der Waals surface area contributed by atoms with Gasteiger partial charge in [0.2, 0.25) is 0 Å². The van der Waals surface area contributed by atoms with E-state index >= 15 is 0 Å². The minimum absolute atomic E-state index is 0.0985. The summed E-state index contributed by atoms with van der Waals surface area (Å²) in [6.07, 6.45) is 0. The molecule has 0 spiro atoms. The molecule has 1 aromatic heterocycles. The van der Waals surface area contributed by atoms with Crippen LogP contribution in [0.2, 0.25) is 0 Å². The monoisotopic (exact) mass is 227 g/mol. The summed E-state index contributed by atoms with van der Waals surface area (Å²) in [5.74, 6) is -0.297. The fourth-order valence-electron chi connectivity index (χ4n) is 0.982. The first-order valence-electron chi connectivity index (χ1n) is 4.46. The highest BCUT2D eigenvalue weighted by Crippen LogP contribution is 2.17. The summed E-state index contributed by atoms with van der Waals surface area (Å²) in [6.45, 7) is 5.20. The van der Waals surface area contributed by atoms with Crippen molar-refractivity contribution in [1.82, 2.24) is 14.8 Å². The van der Waals surface area contributed by atoms with Crippen LogP contribution in [0.4, 0.5) is 0 Å². The van der Waals surface area contributed by atoms with Crippen molar-refractivity contribution in [1.29, 1.82) is 0 Å². The molecule has 0 fully saturated rings. The first-order valence-corrected chi connectivity index (χ1v) is 4.87. The Morgan fingerprint density at radius 2 is 2.00 bits per heavy atom. The van der Waals surface area contributed by atoms with Crippen molar-refractivity contribution in [3.8, 4) is 0 Å². The molecule has 1 N–H and O–H groups in total. The van der Waals surface area contributed by atoms with Gasteiger partial charge < -0.3 is 0 Å². The summed E-state index contributed by atoms with van der Waals surface area (Å²) in [7, 11) is 1.58. The second-order valence-electron chi connectivity index (χ2n) is 4.31. The Kier molecular flexibility index (Phi) is 2.90. The van der Waals surface area contributed by atoms with Crippen LogP contribution in [-0.2, 0) is 7.05 Å². The van der Waals surface area contributed by atoms with Crippen LogP contribution in [0.1, 0.15) is 31.3 Å². The van der Waals surface area contributed by atoms with Crippen LogP contribution < -0.4 is 5.56 Å². The number of nitrogens with zero attached hydrogens (tertiary/aromatic N) is 2. The van der Waals surface area contributed by atoms with Crippen LogP contribution in [0.15, 0.2) is 4.79 Å². The number of nitrogens with one attached hydrogen (secondary N) is 1. The third-order valence-corrected chi connectivity index (χ3v) is 2.24. The Balaban J connectivity index is 3.41. The second kappa shape index (κ2) is 3.69. The SMILES string of the molecule is Cn1nc(C(=O)C(C)(C)C)c(=O)[nH]c1=S. The first kappa shape index (κ1) is 11.8. The Hall–Kier alpha value is -1.30. The van der Waals surface area contributed by atoms with Crippen molar-refractivity contribution in [2.45, 2.75) is 20.8 Å². The van der Waals surface area contributed by atoms with Gasteiger partial charge in [-0.05, 0) is 12.2 Å². The summed E-state index contributed by atoms with van der Waals surface area (Å²) in [5.41, 5.74) is -1.26. The molecule has 0 saturated carbocycles. The minimum atomic E-state index is -0.629. The number of rotatable bonds is 1. The number of carbonyl (C=O) groups excluding carboxylic acids is 1. The molecular formula is C9H13N3O2S. The lowest BCUT2D eigenvalue weighted by molar-refractivity contribution is 0.0848. The van der Waals surface area contributed by atoms with Crippen LogP contribution in [0.5, 0.6) is 0 Å². The Morgan fingerprint density at radius 1 is 1.47 bits per heavy atom. The van der Waals surface area contributed by atoms with E-state index in [2.05, 4.69) is 10.1 Å². The lowest BCUT2D eigenvalue weighted by Gasteiger charge is -2.15. The van der Waals surface area contributed by atoms with Crippen molar-refractivity contribution in [2.24, 2.45) is 12.5 Å². The van der Waals surface area contributed by atoms with Gasteiger partial charge in [-0.3, -0.25) is 14.6 Å². The maximum absolute atomic E-state index is 11.8. The number of aryl methyl sites for hydroxylation is 1. The number of aromatic amines is 1. The molecular weight excluding hydrogens is 214 g/mol. The van der Waals surface area contributed by atoms with Crippen molar-refractivity contribution in [2.75, 3.05) is 0 Å². The molecule has 0 bridgehead atoms. The van der Waals surface area contributed by atoms with Crippen molar-refractivity contribution >= 4 is 18.0 Å². The number of ketones is 1. The molecule has 0 radical (unpaired) electrons. The highest BCUT2D eigenvalue weighted by molar-refractivity contribution is 7.71. The highest BCUT2D eigenvalue weighted by atomic mass is 32.1. The van der Waals surface area contributed by atoms with Crippen LogP contribution in [-0.4, -0.2) is 20.5 Å². The molecule has 0 aliphatic carbocycles. The van der Waals surface area contributed by atoms with E-state index in [9.17, 15) is 9.59 Å². The number of carbonyl (C=O) groups is 1. The molecule has 0 amide bonds. The third-order valence-electron chi connectivity index (χ3n) is 1.88. The van der Waals surface area contributed by atoms with E-state index in [1.807, 2.05) is 0 Å². The van der Waals surface area contributed by atoms with E-state index < -0.39 is 11.0 Å². The molecule has 82 valence electrons. The summed E-state index contributed by atoms with van der Waals surface area (Å²) >= 11 is 4.81. The van der Waals surface area contributed by atoms with Gasteiger partial charge in [0.1, 0.15) is 0 Å². The molecule has 1 rings (SSSR count). The number of hydrogen-bond acceptors (Lipinski definition) is 4. The largest absolute Gasteiger partial charge is 0.296 e. The van der Waals surface area contributed by atoms with Gasteiger partial charge in [0.05, 0.1) is 0 Å². The predicted octanol–water partition coefficient (Wildman–Crippen LogP) is 1.07. The van der Waals surface area contributed by atoms with Gasteiger partial charge in [-0.2, -0.15) is 5.10 Å². The number of hydrogen-bond donors (Lipinski definition) is 1. The molecule has 0 atom stereocenters. The van der Waals surface area contributed by atoms with E-state index in [4.69, 9.17) is 12.2 Å². The van der Waals surface area contributed by atoms with Gasteiger partial charge in [0, 0.05) is 12.5 Å². The fourth-order valence-corrected chi connectivity index (χ4v) is 1.12. The quantitative estimate of drug-likeness (QED) is 0.575. The van der Waals surface area contributed by atoms with Crippen LogP contribution >= 0.6 is 12.2 Å². The van der Waals surface area contributed by atoms with E-state index in [0.717, 1.165) is 0 Å². The average Bonchev–Trinajstić information content (AvgIpc) is 2.08. The second-order valence-corrected chi connectivity index (χ2v) is 4.70. The summed E-state index contributed by atoms with van der Waals surface area (Å²) in [6, 6.07) is 0. The topological polar surface area (TPSA) is 67.8 Å². The molecule has 1 heterocycles. The van der Waals surface area contributed by atoms with Crippen LogP contribution in [0, 0.1) is 10.2 Å². The van der Waals surface area contributed by atoms with E-state index in [-0.39, 0.29) is 16.2 Å². The zero-order chi connectivity index (χ0) is 11.8. The fraction of sp³-hybridized carbons (Fsp3) is 0.556. The van der Waals surface area contributed by atoms with E-state index in [1.165, 1.54) is 4.68 Å². The highest BCUT2D eigenvalue weighted by Gasteiger charge is 2.27. The van der Waals surface area contributed by atoms with Gasteiger partial charge in [-0.1, -0.05) is 20.8 Å². The first-order chi connectivity index (χ1) is 6.73. The standard InChI is InChI=1S/C9H13N3O2S/c1-9(2,3)6(13)5-7(14)10-8(15)12(4)11-5/h1-4H3,(H,10,14,15). The van der Waals surface area contributed by atoms with Crippen LogP contribution in [0.3, 0.4) is 0 Å². The molecule has 5 nitrogen and oxygen atoms in total. The van der Waals surface area contributed by atoms with Gasteiger partial charge >= 0.3 is 0 Å². The van der Waals surface area contributed by atoms with Gasteiger partial charge in [0.15, 0.2) is 16.2 Å². The molecule has 0 saturated heterocycles. The molecule has 0 unspecified atom stereocenters. The van der Waals surface area contributed by atoms with Gasteiger partial charge in [0.25, 0.3) is 5.56 Å². The lowest BCUT2D eigenvalue weighted by atomic mass is 9.89. The Bertz CT molecular complexity index is 507. The smallest absolute Gasteiger partial charge is 0.281 e. The Labute approximate surface area is 92.1 Å². The molecule has 0 aliphatic rings. The number of aromatic nitrogens is 3. The minimum Gasteiger partial charge on any atom is -0.296 e. The van der Waals surface area contributed by atoms with Crippen molar-refractivity contribution in [3.05, 3.63) is 20.8 Å². The molecule has 6 heteroatoms. The summed E-state index contributed by atoms with van der Waals surface area (Å²) in [4.78, 5) is 25.7. The normalized spacial score (nSPS) is 11.5. The average molecular weight is 227 g/mol. The van der Waals surface area contributed by atoms with Gasteiger partial charge in [-0.15, -0.1) is 0 Å². The predicted molar refractivity (Wildman–Crippen MR) is 58.4 cm³/mol. The summed E-state index contributed by atoms with van der Waals surface area (Å²) < 4.78 is 1.50. The number of Topliss-reactive ketones (excluding diaryl/α,β-unsaturated/α-hetero) is 1. The maximum atomic E-state index is 11.8. The molecule has 0 aromatic carbocycles. The third kappa shape index (κ3) is 2.38. The van der Waals surface area contributed by atoms with Gasteiger partial charge in [-0.25, -0.2) is 4.68 Å². The van der Waals surface area contributed by atoms with Crippen molar-refractivity contribution < 1.29 is 4.79 Å². The summed E-state index contributed by atoms with van der Waals surface area (Å²) in [5, 5.41) is 3.86. The zero-order valence-electron chi connectivity index (χ0n) is 9.12.